The van der Waals surface area contributed by atoms with Gasteiger partial charge in [-0.25, -0.2) is 22.4 Å². The quantitative estimate of drug-likeness (QED) is 0.0971. The molecule has 0 saturated heterocycles. The van der Waals surface area contributed by atoms with Gasteiger partial charge in [-0.3, -0.25) is 0 Å². The average Bonchev–Trinajstić information content (AvgIpc) is 2.82. The number of benzene rings is 3. The molecule has 3 aromatic rings. The summed E-state index contributed by atoms with van der Waals surface area (Å²) in [4.78, 5) is 12.1. The molecule has 0 fully saturated rings. The molecule has 34 heavy (non-hydrogen) atoms. The maximum absolute atomic E-state index is 14.3. The number of carbonyl (C=O) groups is 1. The van der Waals surface area contributed by atoms with E-state index in [2.05, 4.69) is 11.8 Å². The van der Waals surface area contributed by atoms with Gasteiger partial charge in [0.1, 0.15) is 5.75 Å². The Kier molecular flexibility index (Phi) is 8.25. The van der Waals surface area contributed by atoms with Crippen molar-refractivity contribution in [1.82, 2.24) is 0 Å². The molecular formula is C26H19F5O3. The fourth-order valence-corrected chi connectivity index (χ4v) is 2.86. The van der Waals surface area contributed by atoms with Gasteiger partial charge in [0.15, 0.2) is 29.0 Å². The molecule has 0 atom stereocenters. The summed E-state index contributed by atoms with van der Waals surface area (Å²) in [7, 11) is 0. The Labute approximate surface area is 193 Å². The fraction of sp³-hybridized carbons (Fsp3) is 0.192. The fourth-order valence-electron chi connectivity index (χ4n) is 2.86. The molecule has 0 aromatic heterocycles. The van der Waals surface area contributed by atoms with Crippen LogP contribution in [-0.4, -0.2) is 12.6 Å². The maximum atomic E-state index is 14.3. The number of hydrogen-bond donors (Lipinski definition) is 0. The van der Waals surface area contributed by atoms with Crippen LogP contribution in [0.25, 0.3) is 0 Å². The Morgan fingerprint density at radius 2 is 1.50 bits per heavy atom. The van der Waals surface area contributed by atoms with Crippen LogP contribution in [0.4, 0.5) is 22.0 Å². The van der Waals surface area contributed by atoms with Crippen LogP contribution in [0.2, 0.25) is 0 Å². The second-order valence-electron chi connectivity index (χ2n) is 7.21. The van der Waals surface area contributed by atoms with Crippen LogP contribution in [0.5, 0.6) is 11.5 Å². The summed E-state index contributed by atoms with van der Waals surface area (Å²) in [6, 6.07) is 9.22. The van der Waals surface area contributed by atoms with E-state index in [0.29, 0.717) is 17.7 Å². The molecule has 0 unspecified atom stereocenters. The van der Waals surface area contributed by atoms with Crippen LogP contribution in [-0.2, 0) is 0 Å². The first-order valence-electron chi connectivity index (χ1n) is 10.4. The summed E-state index contributed by atoms with van der Waals surface area (Å²) in [5.74, 6) is -3.33. The highest BCUT2D eigenvalue weighted by atomic mass is 19.2. The minimum Gasteiger partial charge on any atom is -0.490 e. The minimum atomic E-state index is -1.67. The Morgan fingerprint density at radius 3 is 2.15 bits per heavy atom. The van der Waals surface area contributed by atoms with Gasteiger partial charge in [0.05, 0.1) is 17.7 Å². The van der Waals surface area contributed by atoms with Crippen LogP contribution in [0.15, 0.2) is 48.5 Å². The molecule has 0 aliphatic carbocycles. The number of unbranched alkanes of at least 4 members (excludes halogenated alkanes) is 2. The summed E-state index contributed by atoms with van der Waals surface area (Å²) in [5.41, 5.74) is 0.245. The van der Waals surface area contributed by atoms with Crippen LogP contribution in [0.3, 0.4) is 0 Å². The molecule has 0 saturated carbocycles. The number of ether oxygens (including phenoxy) is 2. The topological polar surface area (TPSA) is 35.5 Å². The van der Waals surface area contributed by atoms with Gasteiger partial charge in [-0.1, -0.05) is 31.6 Å². The van der Waals surface area contributed by atoms with Crippen molar-refractivity contribution in [3.63, 3.8) is 0 Å². The molecule has 8 heteroatoms. The molecule has 0 bridgehead atoms. The number of esters is 1. The van der Waals surface area contributed by atoms with Crippen LogP contribution in [0, 0.1) is 40.9 Å². The SMILES string of the molecule is CCCCCOc1ccc(C#Cc2ccc(C(=O)Oc3cc(F)c(F)c(F)c3)cc2)c(F)c1F. The third-order valence-electron chi connectivity index (χ3n) is 4.68. The van der Waals surface area contributed by atoms with Crippen molar-refractivity contribution in [3.8, 4) is 23.3 Å². The molecule has 3 rings (SSSR count). The Bertz CT molecular complexity index is 1220. The largest absolute Gasteiger partial charge is 0.490 e. The summed E-state index contributed by atoms with van der Waals surface area (Å²) in [6.07, 6.45) is 2.64. The molecule has 0 amide bonds. The number of carbonyl (C=O) groups excluding carboxylic acids is 1. The van der Waals surface area contributed by atoms with E-state index in [0.717, 1.165) is 19.3 Å². The molecule has 0 aliphatic heterocycles. The summed E-state index contributed by atoms with van der Waals surface area (Å²) >= 11 is 0. The Balaban J connectivity index is 1.68. The highest BCUT2D eigenvalue weighted by Gasteiger charge is 2.15. The number of halogens is 5. The van der Waals surface area contributed by atoms with E-state index in [4.69, 9.17) is 9.47 Å². The van der Waals surface area contributed by atoms with Gasteiger partial charge in [-0.15, -0.1) is 0 Å². The lowest BCUT2D eigenvalue weighted by molar-refractivity contribution is 0.0733. The lowest BCUT2D eigenvalue weighted by atomic mass is 10.1. The predicted molar refractivity (Wildman–Crippen MR) is 115 cm³/mol. The Morgan fingerprint density at radius 1 is 0.824 bits per heavy atom. The van der Waals surface area contributed by atoms with E-state index < -0.39 is 40.8 Å². The van der Waals surface area contributed by atoms with Crippen molar-refractivity contribution < 1.29 is 36.2 Å². The molecule has 0 radical (unpaired) electrons. The average molecular weight is 474 g/mol. The van der Waals surface area contributed by atoms with Gasteiger partial charge in [-0.2, -0.15) is 4.39 Å². The van der Waals surface area contributed by atoms with Gasteiger partial charge in [0.2, 0.25) is 5.82 Å². The zero-order valence-corrected chi connectivity index (χ0v) is 18.1. The number of hydrogen-bond acceptors (Lipinski definition) is 3. The van der Waals surface area contributed by atoms with Gasteiger partial charge in [0.25, 0.3) is 0 Å². The Hall–Kier alpha value is -3.86. The molecule has 176 valence electrons. The molecule has 0 spiro atoms. The van der Waals surface area contributed by atoms with E-state index in [9.17, 15) is 26.7 Å². The molecule has 0 N–H and O–H groups in total. The lowest BCUT2D eigenvalue weighted by Gasteiger charge is -2.08. The molecule has 0 aliphatic rings. The predicted octanol–water partition coefficient (Wildman–Crippen LogP) is 6.57. The first kappa shape index (κ1) is 24.8. The van der Waals surface area contributed by atoms with E-state index in [-0.39, 0.29) is 23.5 Å². The standard InChI is InChI=1S/C26H19F5O3/c1-2-3-4-13-33-22-12-11-17(23(29)25(22)31)8-5-16-6-9-18(10-7-16)26(32)34-19-14-20(27)24(30)21(28)15-19/h6-7,9-12,14-15H,2-4,13H2,1H3. The summed E-state index contributed by atoms with van der Waals surface area (Å²) < 4.78 is 78.1. The first-order chi connectivity index (χ1) is 16.3. The lowest BCUT2D eigenvalue weighted by Crippen LogP contribution is -2.09. The highest BCUT2D eigenvalue weighted by Crippen LogP contribution is 2.23. The van der Waals surface area contributed by atoms with Crippen molar-refractivity contribution in [1.29, 1.82) is 0 Å². The smallest absolute Gasteiger partial charge is 0.343 e. The van der Waals surface area contributed by atoms with Crippen molar-refractivity contribution in [2.75, 3.05) is 6.61 Å². The normalized spacial score (nSPS) is 10.4. The van der Waals surface area contributed by atoms with E-state index in [1.807, 2.05) is 6.92 Å². The van der Waals surface area contributed by atoms with Crippen molar-refractivity contribution in [2.45, 2.75) is 26.2 Å². The second kappa shape index (κ2) is 11.3. The first-order valence-corrected chi connectivity index (χ1v) is 10.4. The van der Waals surface area contributed by atoms with Crippen molar-refractivity contribution in [3.05, 3.63) is 94.3 Å². The van der Waals surface area contributed by atoms with Gasteiger partial charge in [0, 0.05) is 17.7 Å². The zero-order valence-electron chi connectivity index (χ0n) is 18.1. The minimum absolute atomic E-state index is 0.0255. The van der Waals surface area contributed by atoms with Gasteiger partial charge < -0.3 is 9.47 Å². The van der Waals surface area contributed by atoms with Crippen LogP contribution >= 0.6 is 0 Å². The molecule has 3 nitrogen and oxygen atoms in total. The molecule has 3 aromatic carbocycles. The van der Waals surface area contributed by atoms with E-state index >= 15 is 0 Å². The van der Waals surface area contributed by atoms with E-state index in [1.54, 1.807) is 0 Å². The van der Waals surface area contributed by atoms with Crippen LogP contribution < -0.4 is 9.47 Å². The van der Waals surface area contributed by atoms with Crippen molar-refractivity contribution in [2.24, 2.45) is 0 Å². The third-order valence-corrected chi connectivity index (χ3v) is 4.68. The maximum Gasteiger partial charge on any atom is 0.343 e. The van der Waals surface area contributed by atoms with Crippen LogP contribution in [0.1, 0.15) is 47.7 Å². The zero-order chi connectivity index (χ0) is 24.7. The number of rotatable bonds is 7. The summed E-state index contributed by atoms with van der Waals surface area (Å²) in [6.45, 7) is 2.31. The monoisotopic (exact) mass is 474 g/mol. The van der Waals surface area contributed by atoms with Crippen molar-refractivity contribution >= 4 is 5.97 Å². The van der Waals surface area contributed by atoms with Gasteiger partial charge >= 0.3 is 5.97 Å². The highest BCUT2D eigenvalue weighted by molar-refractivity contribution is 5.91. The van der Waals surface area contributed by atoms with Gasteiger partial charge in [-0.05, 0) is 42.8 Å². The van der Waals surface area contributed by atoms with E-state index in [1.165, 1.54) is 36.4 Å². The third kappa shape index (κ3) is 6.13. The summed E-state index contributed by atoms with van der Waals surface area (Å²) in [5, 5.41) is 0. The molecule has 0 heterocycles. The second-order valence-corrected chi connectivity index (χ2v) is 7.21. The molecular weight excluding hydrogens is 455 g/mol.